The van der Waals surface area contributed by atoms with Crippen molar-refractivity contribution in [1.29, 1.82) is 5.26 Å². The number of carbonyl (C=O) groups excluding carboxylic acids is 1. The molecule has 0 aliphatic rings. The first-order chi connectivity index (χ1) is 18.5. The van der Waals surface area contributed by atoms with E-state index in [1.807, 2.05) is 26.1 Å². The molecule has 0 saturated carbocycles. The van der Waals surface area contributed by atoms with Gasteiger partial charge in [0.2, 0.25) is 5.95 Å². The van der Waals surface area contributed by atoms with Crippen molar-refractivity contribution in [2.45, 2.75) is 38.3 Å². The van der Waals surface area contributed by atoms with Gasteiger partial charge in [-0.25, -0.2) is 9.97 Å². The highest BCUT2D eigenvalue weighted by Crippen LogP contribution is 2.27. The third-order valence-corrected chi connectivity index (χ3v) is 6.38. The molecule has 13 heteroatoms. The van der Waals surface area contributed by atoms with Crippen molar-refractivity contribution in [2.24, 2.45) is 0 Å². The van der Waals surface area contributed by atoms with Gasteiger partial charge in [0, 0.05) is 23.9 Å². The summed E-state index contributed by atoms with van der Waals surface area (Å²) < 4.78 is 31.3. The molecule has 0 saturated heterocycles. The van der Waals surface area contributed by atoms with E-state index in [-0.39, 0.29) is 10.8 Å². The number of amides is 1. The molecule has 0 bridgehead atoms. The summed E-state index contributed by atoms with van der Waals surface area (Å²) in [5, 5.41) is 19.1. The fraction of sp³-hybridized carbons (Fsp3) is 0.192. The highest BCUT2D eigenvalue weighted by atomic mass is 35.5. The van der Waals surface area contributed by atoms with E-state index in [1.165, 1.54) is 18.3 Å². The maximum atomic E-state index is 12.1. The summed E-state index contributed by atoms with van der Waals surface area (Å²) in [6.45, 7) is 6.22. The number of carbonyl (C=O) groups is 1. The van der Waals surface area contributed by atoms with E-state index in [0.29, 0.717) is 22.2 Å². The standard InChI is InChI=1S/C19H18ClN7O.C7H8O3S/c1-3-27-11-15(9-23-27)25-19-22-10-16(20)17(26-19)13-4-6-14(7-5-13)18(28)24-12(2)8-21;1-6-2-4-7(5-3-6)11(8,9)10/h4-7,9-12H,3H2,1-2H3,(H,24,28)(H,22,25,26);2-5H,1H3,(H,8,9,10)/t12-;/m0./s1. The summed E-state index contributed by atoms with van der Waals surface area (Å²) in [4.78, 5) is 20.7. The van der Waals surface area contributed by atoms with Crippen LogP contribution in [0.4, 0.5) is 11.6 Å². The van der Waals surface area contributed by atoms with Gasteiger partial charge < -0.3 is 10.6 Å². The molecule has 11 nitrogen and oxygen atoms in total. The highest BCUT2D eigenvalue weighted by molar-refractivity contribution is 7.85. The Morgan fingerprint density at radius 3 is 2.38 bits per heavy atom. The van der Waals surface area contributed by atoms with Crippen LogP contribution >= 0.6 is 11.6 Å². The lowest BCUT2D eigenvalue weighted by Gasteiger charge is -2.09. The molecular formula is C26H26ClN7O4S. The van der Waals surface area contributed by atoms with E-state index < -0.39 is 16.2 Å². The Labute approximate surface area is 231 Å². The molecule has 3 N–H and O–H groups in total. The van der Waals surface area contributed by atoms with Crippen LogP contribution < -0.4 is 10.6 Å². The average molecular weight is 568 g/mol. The van der Waals surface area contributed by atoms with Gasteiger partial charge in [-0.05, 0) is 45.0 Å². The van der Waals surface area contributed by atoms with E-state index in [0.717, 1.165) is 23.4 Å². The van der Waals surface area contributed by atoms with E-state index in [4.69, 9.17) is 21.4 Å². The summed E-state index contributed by atoms with van der Waals surface area (Å²) in [6.07, 6.45) is 5.07. The number of aromatic nitrogens is 4. The molecule has 4 rings (SSSR count). The Morgan fingerprint density at radius 2 is 1.82 bits per heavy atom. The van der Waals surface area contributed by atoms with Crippen molar-refractivity contribution in [2.75, 3.05) is 5.32 Å². The molecule has 0 aliphatic heterocycles. The number of nitrogens with one attached hydrogen (secondary N) is 2. The SMILES string of the molecule is CCn1cc(Nc2ncc(Cl)c(-c3ccc(C(=O)N[C@@H](C)C#N)cc3)n2)cn1.Cc1ccc(S(=O)(=O)O)cc1. The van der Waals surface area contributed by atoms with E-state index in [2.05, 4.69) is 25.7 Å². The van der Waals surface area contributed by atoms with E-state index >= 15 is 0 Å². The second-order valence-electron chi connectivity index (χ2n) is 8.29. The van der Waals surface area contributed by atoms with Gasteiger partial charge >= 0.3 is 0 Å². The largest absolute Gasteiger partial charge is 0.337 e. The monoisotopic (exact) mass is 567 g/mol. The van der Waals surface area contributed by atoms with Gasteiger partial charge in [-0.1, -0.05) is 41.4 Å². The number of halogens is 1. The zero-order valence-electron chi connectivity index (χ0n) is 21.3. The second-order valence-corrected chi connectivity index (χ2v) is 10.1. The van der Waals surface area contributed by atoms with E-state index in [9.17, 15) is 13.2 Å². The second kappa shape index (κ2) is 13.0. The van der Waals surface area contributed by atoms with Crippen molar-refractivity contribution in [3.8, 4) is 17.3 Å². The summed E-state index contributed by atoms with van der Waals surface area (Å²) in [5.74, 6) is 0.0735. The normalized spacial score (nSPS) is 11.5. The lowest BCUT2D eigenvalue weighted by Crippen LogP contribution is -2.31. The number of hydrogen-bond donors (Lipinski definition) is 3. The summed E-state index contributed by atoms with van der Waals surface area (Å²) in [5.41, 5.74) is 3.46. The smallest absolute Gasteiger partial charge is 0.294 e. The number of aryl methyl sites for hydroxylation is 2. The molecule has 0 radical (unpaired) electrons. The van der Waals surface area contributed by atoms with Gasteiger partial charge in [0.25, 0.3) is 16.0 Å². The lowest BCUT2D eigenvalue weighted by molar-refractivity contribution is 0.0948. The molecule has 0 spiro atoms. The Bertz CT molecular complexity index is 1580. The first-order valence-corrected chi connectivity index (χ1v) is 13.5. The number of benzene rings is 2. The zero-order chi connectivity index (χ0) is 28.6. The maximum absolute atomic E-state index is 12.1. The van der Waals surface area contributed by atoms with E-state index in [1.54, 1.807) is 54.2 Å². The Kier molecular flexibility index (Phi) is 9.73. The molecule has 2 aromatic carbocycles. The molecule has 2 aromatic heterocycles. The van der Waals surface area contributed by atoms with Crippen molar-refractivity contribution >= 4 is 39.3 Å². The molecular weight excluding hydrogens is 542 g/mol. The van der Waals surface area contributed by atoms with Crippen LogP contribution in [0.5, 0.6) is 0 Å². The fourth-order valence-corrected chi connectivity index (χ4v) is 3.84. The minimum Gasteiger partial charge on any atom is -0.337 e. The predicted molar refractivity (Wildman–Crippen MR) is 147 cm³/mol. The zero-order valence-corrected chi connectivity index (χ0v) is 22.9. The molecule has 1 atom stereocenters. The Balaban J connectivity index is 0.000000320. The summed E-state index contributed by atoms with van der Waals surface area (Å²) >= 11 is 6.27. The van der Waals surface area contributed by atoms with Gasteiger partial charge in [0.15, 0.2) is 0 Å². The molecule has 1 amide bonds. The molecule has 4 aromatic rings. The number of nitriles is 1. The van der Waals surface area contributed by atoms with Crippen LogP contribution in [-0.2, 0) is 16.7 Å². The highest BCUT2D eigenvalue weighted by Gasteiger charge is 2.12. The molecule has 0 unspecified atom stereocenters. The van der Waals surface area contributed by atoms with Gasteiger partial charge in [-0.2, -0.15) is 18.8 Å². The predicted octanol–water partition coefficient (Wildman–Crippen LogP) is 4.64. The third-order valence-electron chi connectivity index (χ3n) is 5.24. The minimum absolute atomic E-state index is 0.0666. The quantitative estimate of drug-likeness (QED) is 0.270. The maximum Gasteiger partial charge on any atom is 0.294 e. The number of anilines is 2. The molecule has 2 heterocycles. The van der Waals surface area contributed by atoms with Gasteiger partial charge in [0.05, 0.1) is 39.8 Å². The van der Waals surface area contributed by atoms with Crippen LogP contribution in [-0.4, -0.2) is 44.7 Å². The Hall–Kier alpha value is -4.31. The van der Waals surface area contributed by atoms with Crippen LogP contribution in [0.3, 0.4) is 0 Å². The number of hydrogen-bond acceptors (Lipinski definition) is 8. The van der Waals surface area contributed by atoms with Crippen LogP contribution in [0.1, 0.15) is 29.8 Å². The molecule has 39 heavy (non-hydrogen) atoms. The fourth-order valence-electron chi connectivity index (χ4n) is 3.16. The summed E-state index contributed by atoms with van der Waals surface area (Å²) in [6, 6.07) is 14.2. The molecule has 202 valence electrons. The van der Waals surface area contributed by atoms with Gasteiger partial charge in [-0.3, -0.25) is 14.0 Å². The van der Waals surface area contributed by atoms with Crippen LogP contribution in [0.25, 0.3) is 11.3 Å². The first kappa shape index (κ1) is 29.2. The minimum atomic E-state index is -4.02. The van der Waals surface area contributed by atoms with Crippen LogP contribution in [0.2, 0.25) is 5.02 Å². The lowest BCUT2D eigenvalue weighted by atomic mass is 10.1. The molecule has 0 aliphatic carbocycles. The number of nitrogens with zero attached hydrogens (tertiary/aromatic N) is 5. The van der Waals surface area contributed by atoms with Gasteiger partial charge in [-0.15, -0.1) is 0 Å². The van der Waals surface area contributed by atoms with Crippen LogP contribution in [0.15, 0.2) is 72.0 Å². The third kappa shape index (κ3) is 8.34. The van der Waals surface area contributed by atoms with Crippen molar-refractivity contribution < 1.29 is 17.8 Å². The van der Waals surface area contributed by atoms with Crippen molar-refractivity contribution in [1.82, 2.24) is 25.1 Å². The average Bonchev–Trinajstić information content (AvgIpc) is 3.37. The van der Waals surface area contributed by atoms with Crippen LogP contribution in [0, 0.1) is 18.3 Å². The Morgan fingerprint density at radius 1 is 1.15 bits per heavy atom. The van der Waals surface area contributed by atoms with Crippen molar-refractivity contribution in [3.63, 3.8) is 0 Å². The summed E-state index contributed by atoms with van der Waals surface area (Å²) in [7, 11) is -4.02. The van der Waals surface area contributed by atoms with Gasteiger partial charge in [0.1, 0.15) is 6.04 Å². The molecule has 0 fully saturated rings. The first-order valence-electron chi connectivity index (χ1n) is 11.7. The topological polar surface area (TPSA) is 163 Å². The van der Waals surface area contributed by atoms with Crippen molar-refractivity contribution in [3.05, 3.63) is 83.3 Å². The number of rotatable bonds is 7.